The Bertz CT molecular complexity index is 638. The summed E-state index contributed by atoms with van der Waals surface area (Å²) in [6.45, 7) is 1.68. The van der Waals surface area contributed by atoms with Crippen molar-refractivity contribution in [3.05, 3.63) is 40.1 Å². The fraction of sp³-hybridized carbons (Fsp3) is 0.529. The molecule has 1 saturated heterocycles. The molecule has 0 radical (unpaired) electrons. The van der Waals surface area contributed by atoms with Crippen molar-refractivity contribution in [2.24, 2.45) is 0 Å². The molecule has 1 amide bonds. The van der Waals surface area contributed by atoms with Crippen LogP contribution in [0.1, 0.15) is 51.8 Å². The SMILES string of the molecule is O=C(c1cc2c(s1)CCCC2)N1CCCC(n2ccnc2)C1. The maximum atomic E-state index is 12.8. The summed E-state index contributed by atoms with van der Waals surface area (Å²) in [6.07, 6.45) is 12.7. The van der Waals surface area contributed by atoms with Gasteiger partial charge in [0.2, 0.25) is 0 Å². The minimum absolute atomic E-state index is 0.226. The number of likely N-dealkylation sites (tertiary alicyclic amines) is 1. The second kappa shape index (κ2) is 5.88. The van der Waals surface area contributed by atoms with Crippen LogP contribution in [0.2, 0.25) is 0 Å². The van der Waals surface area contributed by atoms with E-state index in [2.05, 4.69) is 15.6 Å². The van der Waals surface area contributed by atoms with Crippen LogP contribution >= 0.6 is 11.3 Å². The average molecular weight is 315 g/mol. The highest BCUT2D eigenvalue weighted by molar-refractivity contribution is 7.14. The Morgan fingerprint density at radius 2 is 2.18 bits per heavy atom. The van der Waals surface area contributed by atoms with Crippen LogP contribution < -0.4 is 0 Å². The molecule has 1 unspecified atom stereocenters. The predicted octanol–water partition coefficient (Wildman–Crippen LogP) is 3.30. The molecule has 0 N–H and O–H groups in total. The molecule has 1 atom stereocenters. The van der Waals surface area contributed by atoms with Gasteiger partial charge in [-0.3, -0.25) is 4.79 Å². The van der Waals surface area contributed by atoms with Crippen molar-refractivity contribution in [2.75, 3.05) is 13.1 Å². The Morgan fingerprint density at radius 1 is 1.27 bits per heavy atom. The van der Waals surface area contributed by atoms with Crippen molar-refractivity contribution in [3.63, 3.8) is 0 Å². The monoisotopic (exact) mass is 315 g/mol. The molecular weight excluding hydrogens is 294 g/mol. The molecule has 1 aliphatic heterocycles. The van der Waals surface area contributed by atoms with E-state index >= 15 is 0 Å². The van der Waals surface area contributed by atoms with Crippen molar-refractivity contribution in [1.82, 2.24) is 14.5 Å². The van der Waals surface area contributed by atoms with E-state index in [1.54, 1.807) is 11.3 Å². The Hall–Kier alpha value is -1.62. The van der Waals surface area contributed by atoms with Crippen molar-refractivity contribution in [1.29, 1.82) is 0 Å². The van der Waals surface area contributed by atoms with Gasteiger partial charge in [-0.05, 0) is 50.2 Å². The van der Waals surface area contributed by atoms with Crippen LogP contribution in [0.4, 0.5) is 0 Å². The van der Waals surface area contributed by atoms with Gasteiger partial charge < -0.3 is 9.47 Å². The predicted molar refractivity (Wildman–Crippen MR) is 87.4 cm³/mol. The van der Waals surface area contributed by atoms with E-state index in [-0.39, 0.29) is 5.91 Å². The molecule has 2 aromatic heterocycles. The lowest BCUT2D eigenvalue weighted by molar-refractivity contribution is 0.0684. The number of aromatic nitrogens is 2. The van der Waals surface area contributed by atoms with Gasteiger partial charge in [-0.2, -0.15) is 0 Å². The summed E-state index contributed by atoms with van der Waals surface area (Å²) in [4.78, 5) is 21.4. The first-order chi connectivity index (χ1) is 10.8. The molecule has 4 rings (SSSR count). The Labute approximate surface area is 134 Å². The first kappa shape index (κ1) is 14.0. The molecule has 1 aliphatic carbocycles. The Morgan fingerprint density at radius 3 is 3.00 bits per heavy atom. The van der Waals surface area contributed by atoms with E-state index in [0.29, 0.717) is 6.04 Å². The number of aryl methyl sites for hydroxylation is 2. The lowest BCUT2D eigenvalue weighted by Gasteiger charge is -2.33. The first-order valence-electron chi connectivity index (χ1n) is 8.19. The first-order valence-corrected chi connectivity index (χ1v) is 9.01. The Balaban J connectivity index is 1.51. The number of hydrogen-bond acceptors (Lipinski definition) is 3. The third-order valence-electron chi connectivity index (χ3n) is 4.84. The van der Waals surface area contributed by atoms with Crippen molar-refractivity contribution in [2.45, 2.75) is 44.6 Å². The zero-order valence-electron chi connectivity index (χ0n) is 12.7. The lowest BCUT2D eigenvalue weighted by Crippen LogP contribution is -2.40. The van der Waals surface area contributed by atoms with Crippen molar-refractivity contribution >= 4 is 17.2 Å². The van der Waals surface area contributed by atoms with Crippen LogP contribution in [0.3, 0.4) is 0 Å². The number of nitrogens with zero attached hydrogens (tertiary/aromatic N) is 3. The quantitative estimate of drug-likeness (QED) is 0.853. The van der Waals surface area contributed by atoms with Gasteiger partial charge in [0.25, 0.3) is 5.91 Å². The van der Waals surface area contributed by atoms with E-state index in [0.717, 1.165) is 43.6 Å². The highest BCUT2D eigenvalue weighted by Crippen LogP contribution is 2.31. The molecule has 0 aromatic carbocycles. The summed E-state index contributed by atoms with van der Waals surface area (Å²) in [7, 11) is 0. The van der Waals surface area contributed by atoms with Crippen molar-refractivity contribution in [3.8, 4) is 0 Å². The van der Waals surface area contributed by atoms with Gasteiger partial charge in [0.1, 0.15) is 0 Å². The number of fused-ring (bicyclic) bond motifs is 1. The molecule has 22 heavy (non-hydrogen) atoms. The average Bonchev–Trinajstić information content (AvgIpc) is 3.23. The van der Waals surface area contributed by atoms with Gasteiger partial charge >= 0.3 is 0 Å². The summed E-state index contributed by atoms with van der Waals surface area (Å²) in [6, 6.07) is 2.53. The number of imidazole rings is 1. The fourth-order valence-electron chi connectivity index (χ4n) is 3.62. The number of hydrogen-bond donors (Lipinski definition) is 0. The Kier molecular flexibility index (Phi) is 3.74. The molecule has 4 nitrogen and oxygen atoms in total. The van der Waals surface area contributed by atoms with E-state index in [9.17, 15) is 4.79 Å². The molecular formula is C17H21N3OS. The highest BCUT2D eigenvalue weighted by atomic mass is 32.1. The van der Waals surface area contributed by atoms with Crippen molar-refractivity contribution < 1.29 is 4.79 Å². The molecule has 0 bridgehead atoms. The van der Waals surface area contributed by atoms with Gasteiger partial charge in [-0.1, -0.05) is 0 Å². The van der Waals surface area contributed by atoms with Crippen LogP contribution in [-0.4, -0.2) is 33.4 Å². The van der Waals surface area contributed by atoms with Gasteiger partial charge in [-0.15, -0.1) is 11.3 Å². The lowest BCUT2D eigenvalue weighted by atomic mass is 9.99. The molecule has 116 valence electrons. The largest absolute Gasteiger partial charge is 0.336 e. The summed E-state index contributed by atoms with van der Waals surface area (Å²) in [5.41, 5.74) is 1.42. The minimum atomic E-state index is 0.226. The third-order valence-corrected chi connectivity index (χ3v) is 6.06. The molecule has 1 fully saturated rings. The van der Waals surface area contributed by atoms with E-state index in [1.807, 2.05) is 23.6 Å². The summed E-state index contributed by atoms with van der Waals surface area (Å²) < 4.78 is 2.14. The van der Waals surface area contributed by atoms with E-state index < -0.39 is 0 Å². The van der Waals surface area contributed by atoms with Crippen LogP contribution in [0, 0.1) is 0 Å². The van der Waals surface area contributed by atoms with Gasteiger partial charge in [0.05, 0.1) is 17.2 Å². The zero-order valence-corrected chi connectivity index (χ0v) is 13.5. The second-order valence-electron chi connectivity index (χ2n) is 6.32. The number of rotatable bonds is 2. The molecule has 0 spiro atoms. The van der Waals surface area contributed by atoms with E-state index in [4.69, 9.17) is 0 Å². The number of carbonyl (C=O) groups is 1. The molecule has 5 heteroatoms. The minimum Gasteiger partial charge on any atom is -0.336 e. The number of piperidine rings is 1. The number of thiophene rings is 1. The zero-order chi connectivity index (χ0) is 14.9. The van der Waals surface area contributed by atoms with Crippen LogP contribution in [0.25, 0.3) is 0 Å². The van der Waals surface area contributed by atoms with Gasteiger partial charge in [0, 0.05) is 30.4 Å². The fourth-order valence-corrected chi connectivity index (χ4v) is 4.84. The summed E-state index contributed by atoms with van der Waals surface area (Å²) in [5.74, 6) is 0.226. The molecule has 3 heterocycles. The number of carbonyl (C=O) groups excluding carboxylic acids is 1. The van der Waals surface area contributed by atoms with Crippen LogP contribution in [0.5, 0.6) is 0 Å². The molecule has 2 aromatic rings. The maximum absolute atomic E-state index is 12.8. The topological polar surface area (TPSA) is 38.1 Å². The summed E-state index contributed by atoms with van der Waals surface area (Å²) >= 11 is 1.73. The molecule has 0 saturated carbocycles. The summed E-state index contributed by atoms with van der Waals surface area (Å²) in [5, 5.41) is 0. The maximum Gasteiger partial charge on any atom is 0.264 e. The number of amides is 1. The normalized spacial score (nSPS) is 21.6. The standard InChI is InChI=1S/C17H21N3OS/c21-17(16-10-13-4-1-2-6-15(13)22-16)19-8-3-5-14(11-19)20-9-7-18-12-20/h7,9-10,12,14H,1-6,8,11H2. The van der Waals surface area contributed by atoms with Crippen LogP contribution in [0.15, 0.2) is 24.8 Å². The second-order valence-corrected chi connectivity index (χ2v) is 7.46. The van der Waals surface area contributed by atoms with Crippen LogP contribution in [-0.2, 0) is 12.8 Å². The smallest absolute Gasteiger partial charge is 0.264 e. The third kappa shape index (κ3) is 2.58. The van der Waals surface area contributed by atoms with Gasteiger partial charge in [-0.25, -0.2) is 4.98 Å². The van der Waals surface area contributed by atoms with Gasteiger partial charge in [0.15, 0.2) is 0 Å². The highest BCUT2D eigenvalue weighted by Gasteiger charge is 2.27. The molecule has 2 aliphatic rings. The van der Waals surface area contributed by atoms with E-state index in [1.165, 1.54) is 23.3 Å².